The Balaban J connectivity index is 1.65. The van der Waals surface area contributed by atoms with Crippen molar-refractivity contribution in [2.24, 2.45) is 0 Å². The minimum Gasteiger partial charge on any atom is -0.480 e. The normalized spacial score (nSPS) is 11.6. The average Bonchev–Trinajstić information content (AvgIpc) is 2.83. The van der Waals surface area contributed by atoms with Crippen LogP contribution in [0.2, 0.25) is 0 Å². The summed E-state index contributed by atoms with van der Waals surface area (Å²) in [7, 11) is 0. The molecule has 3 aromatic carbocycles. The number of nitrogens with zero attached hydrogens (tertiary/aromatic N) is 1. The van der Waals surface area contributed by atoms with Gasteiger partial charge in [-0.05, 0) is 36.2 Å². The predicted molar refractivity (Wildman–Crippen MR) is 126 cm³/mol. The molecule has 1 atom stereocenters. The molecule has 0 saturated heterocycles. The van der Waals surface area contributed by atoms with Crippen LogP contribution in [0.1, 0.15) is 29.3 Å². The summed E-state index contributed by atoms with van der Waals surface area (Å²) in [6, 6.07) is 10.4. The zero-order valence-corrected chi connectivity index (χ0v) is 18.2. The minimum atomic E-state index is -1.19. The zero-order valence-electron chi connectivity index (χ0n) is 18.2. The standard InChI is InChI=1S/C23H22N4O7/c1-2-11-24-18-19(21(29)20(18)28)26-17(23(31)32)12-13-3-7-15(8-4-13)25-22(30)14-5-9-16(10-6-14)27(33)34/h3-10,17,24,26H,2,11-12H2,1H3,(H,25,30)(H,31,32). The lowest BCUT2D eigenvalue weighted by Crippen LogP contribution is -2.42. The molecule has 1 unspecified atom stereocenters. The molecule has 0 saturated carbocycles. The molecule has 176 valence electrons. The number of anilines is 3. The van der Waals surface area contributed by atoms with Crippen LogP contribution in [0.15, 0.2) is 58.1 Å². The van der Waals surface area contributed by atoms with Crippen LogP contribution in [0.4, 0.5) is 22.7 Å². The molecule has 3 aromatic rings. The molecular weight excluding hydrogens is 444 g/mol. The van der Waals surface area contributed by atoms with Crippen LogP contribution < -0.4 is 26.8 Å². The number of benzene rings is 2. The lowest BCUT2D eigenvalue weighted by molar-refractivity contribution is -0.384. The topological polar surface area (TPSA) is 168 Å². The highest BCUT2D eigenvalue weighted by Crippen LogP contribution is 2.19. The van der Waals surface area contributed by atoms with Crippen LogP contribution in [0, 0.1) is 10.1 Å². The monoisotopic (exact) mass is 466 g/mol. The highest BCUT2D eigenvalue weighted by Gasteiger charge is 2.26. The number of non-ortho nitro benzene ring substituents is 1. The van der Waals surface area contributed by atoms with E-state index in [1.807, 2.05) is 6.92 Å². The van der Waals surface area contributed by atoms with Crippen molar-refractivity contribution in [3.63, 3.8) is 0 Å². The molecule has 0 spiro atoms. The first-order valence-corrected chi connectivity index (χ1v) is 10.4. The number of nitro benzene ring substituents is 1. The van der Waals surface area contributed by atoms with Crippen molar-refractivity contribution in [3.8, 4) is 0 Å². The van der Waals surface area contributed by atoms with E-state index in [1.54, 1.807) is 24.3 Å². The van der Waals surface area contributed by atoms with Gasteiger partial charge in [0.2, 0.25) is 0 Å². The van der Waals surface area contributed by atoms with Crippen molar-refractivity contribution in [1.82, 2.24) is 0 Å². The van der Waals surface area contributed by atoms with Gasteiger partial charge in [0, 0.05) is 36.3 Å². The summed E-state index contributed by atoms with van der Waals surface area (Å²) in [5, 5.41) is 28.4. The highest BCUT2D eigenvalue weighted by atomic mass is 16.6. The van der Waals surface area contributed by atoms with Gasteiger partial charge in [-0.15, -0.1) is 0 Å². The number of carbonyl (C=O) groups is 2. The van der Waals surface area contributed by atoms with Gasteiger partial charge in [-0.1, -0.05) is 19.1 Å². The van der Waals surface area contributed by atoms with Crippen LogP contribution in [0.5, 0.6) is 0 Å². The molecular formula is C23H22N4O7. The number of carbonyl (C=O) groups excluding carboxylic acids is 1. The smallest absolute Gasteiger partial charge is 0.326 e. The Labute approximate surface area is 193 Å². The Kier molecular flexibility index (Phi) is 7.36. The number of nitrogens with one attached hydrogen (secondary N) is 3. The number of aliphatic carboxylic acids is 1. The van der Waals surface area contributed by atoms with Crippen LogP contribution in [-0.4, -0.2) is 34.5 Å². The third kappa shape index (κ3) is 5.44. The summed E-state index contributed by atoms with van der Waals surface area (Å²) in [6.07, 6.45) is 0.756. The molecule has 0 aliphatic rings. The molecule has 4 N–H and O–H groups in total. The number of amides is 1. The van der Waals surface area contributed by atoms with E-state index >= 15 is 0 Å². The first-order valence-electron chi connectivity index (χ1n) is 10.4. The number of hydrogen-bond donors (Lipinski definition) is 4. The molecule has 1 amide bonds. The summed E-state index contributed by atoms with van der Waals surface area (Å²) in [6.45, 7) is 2.37. The maximum Gasteiger partial charge on any atom is 0.326 e. The molecule has 0 heterocycles. The molecule has 11 nitrogen and oxygen atoms in total. The van der Waals surface area contributed by atoms with E-state index in [2.05, 4.69) is 16.0 Å². The Morgan fingerprint density at radius 3 is 2.18 bits per heavy atom. The molecule has 0 aliphatic heterocycles. The largest absolute Gasteiger partial charge is 0.480 e. The third-order valence-corrected chi connectivity index (χ3v) is 5.07. The van der Waals surface area contributed by atoms with Crippen molar-refractivity contribution in [2.75, 3.05) is 22.5 Å². The lowest BCUT2D eigenvalue weighted by atomic mass is 10.0. The van der Waals surface area contributed by atoms with E-state index in [0.717, 1.165) is 6.42 Å². The van der Waals surface area contributed by atoms with Crippen LogP contribution in [0.25, 0.3) is 0 Å². The first-order chi connectivity index (χ1) is 16.2. The second-order valence-electron chi connectivity index (χ2n) is 7.53. The summed E-state index contributed by atoms with van der Waals surface area (Å²) in [5.41, 5.74) is -0.178. The van der Waals surface area contributed by atoms with Crippen LogP contribution >= 0.6 is 0 Å². The van der Waals surface area contributed by atoms with Gasteiger partial charge in [0.1, 0.15) is 17.4 Å². The van der Waals surface area contributed by atoms with Gasteiger partial charge < -0.3 is 21.1 Å². The van der Waals surface area contributed by atoms with E-state index in [9.17, 15) is 34.4 Å². The van der Waals surface area contributed by atoms with Gasteiger partial charge in [0.05, 0.1) is 4.92 Å². The number of hydrogen-bond acceptors (Lipinski definition) is 8. The number of carboxylic acids is 1. The van der Waals surface area contributed by atoms with E-state index in [-0.39, 0.29) is 29.0 Å². The van der Waals surface area contributed by atoms with Gasteiger partial charge in [0.15, 0.2) is 0 Å². The van der Waals surface area contributed by atoms with Crippen molar-refractivity contribution >= 4 is 34.6 Å². The van der Waals surface area contributed by atoms with Gasteiger partial charge in [-0.3, -0.25) is 24.5 Å². The number of rotatable bonds is 11. The van der Waals surface area contributed by atoms with Crippen LogP contribution in [-0.2, 0) is 11.2 Å². The fourth-order valence-electron chi connectivity index (χ4n) is 3.22. The second kappa shape index (κ2) is 10.4. The molecule has 0 aliphatic carbocycles. The fourth-order valence-corrected chi connectivity index (χ4v) is 3.22. The van der Waals surface area contributed by atoms with Gasteiger partial charge in [-0.25, -0.2) is 4.79 Å². The summed E-state index contributed by atoms with van der Waals surface area (Å²) in [5.74, 6) is -1.65. The highest BCUT2D eigenvalue weighted by molar-refractivity contribution is 6.04. The molecule has 0 bridgehead atoms. The van der Waals surface area contributed by atoms with Gasteiger partial charge in [0.25, 0.3) is 22.5 Å². The zero-order chi connectivity index (χ0) is 24.8. The average molecular weight is 466 g/mol. The molecule has 0 fully saturated rings. The SMILES string of the molecule is CCCNc1c(NC(Cc2ccc(NC(=O)c3ccc([N+](=O)[O-])cc3)cc2)C(=O)O)c(=O)c1=O. The molecule has 11 heteroatoms. The Bertz CT molecular complexity index is 1280. The second-order valence-corrected chi connectivity index (χ2v) is 7.53. The lowest BCUT2D eigenvalue weighted by Gasteiger charge is -2.20. The van der Waals surface area contributed by atoms with Gasteiger partial charge in [-0.2, -0.15) is 0 Å². The molecule has 0 radical (unpaired) electrons. The van der Waals surface area contributed by atoms with Crippen molar-refractivity contribution in [3.05, 3.63) is 90.2 Å². The van der Waals surface area contributed by atoms with E-state index in [4.69, 9.17) is 0 Å². The minimum absolute atomic E-state index is 0.0257. The predicted octanol–water partition coefficient (Wildman–Crippen LogP) is 2.37. The van der Waals surface area contributed by atoms with E-state index in [1.165, 1.54) is 24.3 Å². The third-order valence-electron chi connectivity index (χ3n) is 5.07. The molecule has 34 heavy (non-hydrogen) atoms. The first kappa shape index (κ1) is 24.1. The van der Waals surface area contributed by atoms with Crippen molar-refractivity contribution < 1.29 is 19.6 Å². The molecule has 3 rings (SSSR count). The fraction of sp³-hybridized carbons (Fsp3) is 0.217. The summed E-state index contributed by atoms with van der Waals surface area (Å²) in [4.78, 5) is 57.8. The number of carboxylic acid groups (broad SMARTS) is 1. The quantitative estimate of drug-likeness (QED) is 0.188. The number of nitro groups is 1. The van der Waals surface area contributed by atoms with Crippen molar-refractivity contribution in [1.29, 1.82) is 0 Å². The Hall–Kier alpha value is -4.54. The van der Waals surface area contributed by atoms with E-state index in [0.29, 0.717) is 17.8 Å². The van der Waals surface area contributed by atoms with Crippen LogP contribution in [0.3, 0.4) is 0 Å². The summed E-state index contributed by atoms with van der Waals surface area (Å²) < 4.78 is 0. The van der Waals surface area contributed by atoms with Crippen molar-refractivity contribution in [2.45, 2.75) is 25.8 Å². The maximum absolute atomic E-state index is 12.3. The van der Waals surface area contributed by atoms with Gasteiger partial charge >= 0.3 is 5.97 Å². The van der Waals surface area contributed by atoms with E-state index < -0.39 is 33.7 Å². The molecule has 0 aromatic heterocycles. The Morgan fingerprint density at radius 2 is 1.62 bits per heavy atom. The summed E-state index contributed by atoms with van der Waals surface area (Å²) >= 11 is 0. The Morgan fingerprint density at radius 1 is 1.00 bits per heavy atom. The maximum atomic E-state index is 12.3.